The number of halogens is 2. The van der Waals surface area contributed by atoms with Crippen LogP contribution in [0.3, 0.4) is 0 Å². The molecular weight excluding hydrogens is 396 g/mol. The molecule has 1 heterocycles. The van der Waals surface area contributed by atoms with Gasteiger partial charge in [-0.15, -0.1) is 0 Å². The van der Waals surface area contributed by atoms with Gasteiger partial charge in [0.15, 0.2) is 4.67 Å². The van der Waals surface area contributed by atoms with Crippen LogP contribution in [0.1, 0.15) is 15.9 Å². The van der Waals surface area contributed by atoms with Gasteiger partial charge in [0.1, 0.15) is 0 Å². The Hall–Kier alpha value is -1.67. The molecule has 1 amide bonds. The van der Waals surface area contributed by atoms with Crippen LogP contribution in [0.25, 0.3) is 0 Å². The van der Waals surface area contributed by atoms with Gasteiger partial charge in [-0.1, -0.05) is 0 Å². The van der Waals surface area contributed by atoms with Gasteiger partial charge < -0.3 is 9.73 Å². The van der Waals surface area contributed by atoms with Crippen molar-refractivity contribution in [3.63, 3.8) is 0 Å². The van der Waals surface area contributed by atoms with Crippen LogP contribution in [0, 0.1) is 17.0 Å². The molecule has 0 fully saturated rings. The summed E-state index contributed by atoms with van der Waals surface area (Å²) in [7, 11) is 0. The molecule has 1 aromatic heterocycles. The van der Waals surface area contributed by atoms with E-state index in [1.54, 1.807) is 13.0 Å². The zero-order valence-electron chi connectivity index (χ0n) is 10.1. The van der Waals surface area contributed by atoms with Crippen LogP contribution in [-0.2, 0) is 0 Å². The van der Waals surface area contributed by atoms with E-state index in [1.807, 2.05) is 0 Å². The molecule has 20 heavy (non-hydrogen) atoms. The highest BCUT2D eigenvalue weighted by Gasteiger charge is 2.18. The van der Waals surface area contributed by atoms with Gasteiger partial charge in [0.2, 0.25) is 0 Å². The second-order valence-corrected chi connectivity index (χ2v) is 5.51. The quantitative estimate of drug-likeness (QED) is 0.612. The highest BCUT2D eigenvalue weighted by atomic mass is 79.9. The van der Waals surface area contributed by atoms with Crippen molar-refractivity contribution in [2.24, 2.45) is 0 Å². The van der Waals surface area contributed by atoms with Crippen LogP contribution < -0.4 is 5.32 Å². The molecule has 0 unspecified atom stereocenters. The van der Waals surface area contributed by atoms with Crippen LogP contribution in [0.15, 0.2) is 38.0 Å². The minimum absolute atomic E-state index is 0.0604. The van der Waals surface area contributed by atoms with Crippen LogP contribution in [0.2, 0.25) is 0 Å². The first kappa shape index (κ1) is 14.7. The molecule has 1 aromatic carbocycles. The van der Waals surface area contributed by atoms with Gasteiger partial charge in [0.05, 0.1) is 22.4 Å². The van der Waals surface area contributed by atoms with Gasteiger partial charge in [-0.05, 0) is 50.9 Å². The highest BCUT2D eigenvalue weighted by Crippen LogP contribution is 2.31. The minimum atomic E-state index is -0.495. The van der Waals surface area contributed by atoms with Gasteiger partial charge in [-0.3, -0.25) is 14.9 Å². The van der Waals surface area contributed by atoms with Crippen LogP contribution in [0.4, 0.5) is 11.4 Å². The number of nitro benzene ring substituents is 1. The summed E-state index contributed by atoms with van der Waals surface area (Å²) in [5.74, 6) is -0.426. The summed E-state index contributed by atoms with van der Waals surface area (Å²) in [6.07, 6.45) is 1.37. The standard InChI is InChI=1S/C12H8Br2N2O4/c1-6-4-8(13)9(5-10(6)16(18)19)15-12(17)7-2-3-20-11(7)14/h2-5H,1H3,(H,15,17). The first-order chi connectivity index (χ1) is 9.40. The van der Waals surface area contributed by atoms with Gasteiger partial charge in [-0.2, -0.15) is 0 Å². The second-order valence-electron chi connectivity index (χ2n) is 3.94. The van der Waals surface area contributed by atoms with Crippen LogP contribution >= 0.6 is 31.9 Å². The Balaban J connectivity index is 2.34. The fourth-order valence-corrected chi connectivity index (χ4v) is 2.58. The predicted molar refractivity (Wildman–Crippen MR) is 79.9 cm³/mol. The molecule has 0 aliphatic carbocycles. The van der Waals surface area contributed by atoms with Gasteiger partial charge >= 0.3 is 0 Å². The predicted octanol–water partition coefficient (Wildman–Crippen LogP) is 4.27. The van der Waals surface area contributed by atoms with E-state index in [1.165, 1.54) is 18.4 Å². The largest absolute Gasteiger partial charge is 0.457 e. The lowest BCUT2D eigenvalue weighted by Gasteiger charge is -2.08. The third-order valence-corrected chi connectivity index (χ3v) is 3.86. The van der Waals surface area contributed by atoms with Crippen molar-refractivity contribution in [3.05, 3.63) is 54.8 Å². The normalized spacial score (nSPS) is 10.3. The Morgan fingerprint density at radius 3 is 2.65 bits per heavy atom. The lowest BCUT2D eigenvalue weighted by atomic mass is 10.2. The number of nitro groups is 1. The molecule has 0 aliphatic rings. The summed E-state index contributed by atoms with van der Waals surface area (Å²) in [6.45, 7) is 1.63. The molecule has 6 nitrogen and oxygen atoms in total. The smallest absolute Gasteiger partial charge is 0.274 e. The molecular formula is C12H8Br2N2O4. The number of carbonyl (C=O) groups is 1. The maximum atomic E-state index is 12.0. The fourth-order valence-electron chi connectivity index (χ4n) is 1.60. The number of hydrogen-bond donors (Lipinski definition) is 1. The molecule has 0 spiro atoms. The number of benzene rings is 1. The van der Waals surface area contributed by atoms with Crippen molar-refractivity contribution in [1.82, 2.24) is 0 Å². The molecule has 0 atom stereocenters. The third kappa shape index (κ3) is 2.91. The van der Waals surface area contributed by atoms with Crippen molar-refractivity contribution in [1.29, 1.82) is 0 Å². The Morgan fingerprint density at radius 1 is 1.40 bits per heavy atom. The lowest BCUT2D eigenvalue weighted by molar-refractivity contribution is -0.385. The number of rotatable bonds is 3. The molecule has 1 N–H and O–H groups in total. The summed E-state index contributed by atoms with van der Waals surface area (Å²) < 4.78 is 5.83. The van der Waals surface area contributed by atoms with Crippen LogP contribution in [0.5, 0.6) is 0 Å². The average Bonchev–Trinajstić information content (AvgIpc) is 2.78. The summed E-state index contributed by atoms with van der Waals surface area (Å²) in [6, 6.07) is 4.39. The fraction of sp³-hybridized carbons (Fsp3) is 0.0833. The Kier molecular flexibility index (Phi) is 4.24. The first-order valence-electron chi connectivity index (χ1n) is 5.39. The van der Waals surface area contributed by atoms with E-state index in [4.69, 9.17) is 4.42 Å². The van der Waals surface area contributed by atoms with E-state index in [9.17, 15) is 14.9 Å². The molecule has 2 aromatic rings. The van der Waals surface area contributed by atoms with Crippen molar-refractivity contribution in [3.8, 4) is 0 Å². The van der Waals surface area contributed by atoms with Crippen molar-refractivity contribution < 1.29 is 14.1 Å². The molecule has 0 aliphatic heterocycles. The molecule has 0 saturated heterocycles. The molecule has 0 radical (unpaired) electrons. The molecule has 0 bridgehead atoms. The Morgan fingerprint density at radius 2 is 2.10 bits per heavy atom. The van der Waals surface area contributed by atoms with Gasteiger partial charge in [-0.25, -0.2) is 0 Å². The number of aryl methyl sites for hydroxylation is 1. The number of furan rings is 1. The van der Waals surface area contributed by atoms with Crippen molar-refractivity contribution >= 4 is 49.1 Å². The Labute approximate surface area is 130 Å². The summed E-state index contributed by atoms with van der Waals surface area (Å²) in [4.78, 5) is 22.4. The lowest BCUT2D eigenvalue weighted by Crippen LogP contribution is -2.12. The molecule has 0 saturated carbocycles. The zero-order valence-corrected chi connectivity index (χ0v) is 13.3. The summed E-state index contributed by atoms with van der Waals surface area (Å²) in [5, 5.41) is 13.5. The maximum Gasteiger partial charge on any atom is 0.274 e. The maximum absolute atomic E-state index is 12.0. The topological polar surface area (TPSA) is 85.4 Å². The summed E-state index contributed by atoms with van der Waals surface area (Å²) in [5.41, 5.74) is 1.07. The van der Waals surface area contributed by atoms with E-state index in [0.717, 1.165) is 0 Å². The van der Waals surface area contributed by atoms with Crippen LogP contribution in [-0.4, -0.2) is 10.8 Å². The van der Waals surface area contributed by atoms with E-state index in [0.29, 0.717) is 26.0 Å². The van der Waals surface area contributed by atoms with E-state index >= 15 is 0 Å². The monoisotopic (exact) mass is 402 g/mol. The molecule has 2 rings (SSSR count). The second kappa shape index (κ2) is 5.76. The number of amides is 1. The number of anilines is 1. The first-order valence-corrected chi connectivity index (χ1v) is 6.97. The van der Waals surface area contributed by atoms with E-state index < -0.39 is 10.8 Å². The van der Waals surface area contributed by atoms with E-state index in [-0.39, 0.29) is 5.69 Å². The minimum Gasteiger partial charge on any atom is -0.457 e. The number of hydrogen-bond acceptors (Lipinski definition) is 4. The third-order valence-electron chi connectivity index (χ3n) is 2.59. The number of nitrogens with zero attached hydrogens (tertiary/aromatic N) is 1. The molecule has 8 heteroatoms. The van der Waals surface area contributed by atoms with E-state index in [2.05, 4.69) is 37.2 Å². The van der Waals surface area contributed by atoms with Crippen molar-refractivity contribution in [2.45, 2.75) is 6.92 Å². The SMILES string of the molecule is Cc1cc(Br)c(NC(=O)c2ccoc2Br)cc1[N+](=O)[O-]. The van der Waals surface area contributed by atoms with Gasteiger partial charge in [0.25, 0.3) is 11.6 Å². The summed E-state index contributed by atoms with van der Waals surface area (Å²) >= 11 is 6.37. The number of nitrogens with one attached hydrogen (secondary N) is 1. The van der Waals surface area contributed by atoms with Gasteiger partial charge in [0, 0.05) is 16.1 Å². The molecule has 104 valence electrons. The Bertz CT molecular complexity index is 697. The van der Waals surface area contributed by atoms with Crippen molar-refractivity contribution in [2.75, 3.05) is 5.32 Å². The number of carbonyl (C=O) groups excluding carboxylic acids is 1. The zero-order chi connectivity index (χ0) is 14.9. The highest BCUT2D eigenvalue weighted by molar-refractivity contribution is 9.10. The average molecular weight is 404 g/mol.